The third-order valence-corrected chi connectivity index (χ3v) is 2.07. The Bertz CT molecular complexity index is 142. The first-order valence-corrected chi connectivity index (χ1v) is 5.01. The number of likely N-dealkylation sites (tertiary alicyclic amines) is 1. The number of likely N-dealkylation sites (N-methyl/N-ethyl adjacent to an activating group) is 1. The summed E-state index contributed by atoms with van der Waals surface area (Å²) < 4.78 is 0. The maximum atomic E-state index is 10.3. The summed E-state index contributed by atoms with van der Waals surface area (Å²) in [6, 6.07) is 0.574. The molecule has 1 atom stereocenters. The Labute approximate surface area is 86.4 Å². The van der Waals surface area contributed by atoms with E-state index in [1.165, 1.54) is 6.42 Å². The van der Waals surface area contributed by atoms with Crippen molar-refractivity contribution in [1.29, 1.82) is 0 Å². The quantitative estimate of drug-likeness (QED) is 0.637. The smallest absolute Gasteiger partial charge is 0.209 e. The highest BCUT2D eigenvalue weighted by Crippen LogP contribution is 2.10. The van der Waals surface area contributed by atoms with Crippen LogP contribution in [0.1, 0.15) is 26.7 Å². The molecule has 0 saturated carbocycles. The lowest BCUT2D eigenvalue weighted by molar-refractivity contribution is -0.117. The van der Waals surface area contributed by atoms with Crippen LogP contribution in [-0.2, 0) is 4.79 Å². The average molecular weight is 206 g/mol. The van der Waals surface area contributed by atoms with Crippen molar-refractivity contribution >= 4 is 6.41 Å². The van der Waals surface area contributed by atoms with Gasteiger partial charge >= 0.3 is 0 Å². The molecule has 1 saturated heterocycles. The van der Waals surface area contributed by atoms with Crippen LogP contribution in [0.4, 0.5) is 4.70 Å². The van der Waals surface area contributed by atoms with Gasteiger partial charge in [0.2, 0.25) is 6.41 Å². The second kappa shape index (κ2) is 8.94. The summed E-state index contributed by atoms with van der Waals surface area (Å²) in [5.41, 5.74) is 0. The Kier molecular flexibility index (Phi) is 10.1. The largest absolute Gasteiger partial charge is 0.344 e. The molecule has 0 aromatic carbocycles. The van der Waals surface area contributed by atoms with Gasteiger partial charge in [0.15, 0.2) is 0 Å². The molecule has 14 heavy (non-hydrogen) atoms. The molecular formula is C10H23FN2O. The summed E-state index contributed by atoms with van der Waals surface area (Å²) in [5.74, 6) is 0. The van der Waals surface area contributed by atoms with Gasteiger partial charge < -0.3 is 9.80 Å². The number of halogens is 1. The van der Waals surface area contributed by atoms with Gasteiger partial charge in [0, 0.05) is 19.1 Å². The predicted molar refractivity (Wildman–Crippen MR) is 58.2 cm³/mol. The van der Waals surface area contributed by atoms with Crippen LogP contribution in [0, 0.1) is 0 Å². The molecule has 86 valence electrons. The molecule has 1 rings (SSSR count). The molecule has 1 heterocycles. The lowest BCUT2D eigenvalue weighted by atomic mass is 10.2. The van der Waals surface area contributed by atoms with E-state index in [1.54, 1.807) is 0 Å². The Morgan fingerprint density at radius 1 is 1.43 bits per heavy atom. The van der Waals surface area contributed by atoms with Crippen LogP contribution in [0.3, 0.4) is 0 Å². The molecule has 0 aromatic heterocycles. The summed E-state index contributed by atoms with van der Waals surface area (Å²) in [6.07, 6.45) is 3.30. The maximum Gasteiger partial charge on any atom is 0.209 e. The standard InChI is InChI=1S/C7H14N2O.C3H8.FH/c1-8(2)7-3-4-9(5-7)6-10;1-3-2;/h6-7H,3-5H2,1-2H3;3H2,1-2H3;1H/t7-;;/m1../s1. The lowest BCUT2D eigenvalue weighted by Crippen LogP contribution is -2.30. The average Bonchev–Trinajstić information content (AvgIpc) is 2.53. The second-order valence-electron chi connectivity index (χ2n) is 3.71. The summed E-state index contributed by atoms with van der Waals surface area (Å²) in [5, 5.41) is 0. The zero-order chi connectivity index (χ0) is 10.3. The van der Waals surface area contributed by atoms with E-state index in [0.717, 1.165) is 25.9 Å². The highest BCUT2D eigenvalue weighted by molar-refractivity contribution is 5.47. The van der Waals surface area contributed by atoms with Gasteiger partial charge in [0.25, 0.3) is 0 Å². The molecule has 0 spiro atoms. The normalized spacial score (nSPS) is 19.8. The summed E-state index contributed by atoms with van der Waals surface area (Å²) in [4.78, 5) is 14.3. The highest BCUT2D eigenvalue weighted by atomic mass is 19.0. The molecule has 0 N–H and O–H groups in total. The van der Waals surface area contributed by atoms with Crippen molar-refractivity contribution in [1.82, 2.24) is 9.80 Å². The number of carbonyl (C=O) groups excluding carboxylic acids is 1. The molecule has 3 nitrogen and oxygen atoms in total. The van der Waals surface area contributed by atoms with Crippen LogP contribution in [0.15, 0.2) is 0 Å². The molecule has 1 amide bonds. The van der Waals surface area contributed by atoms with Crippen molar-refractivity contribution in [2.24, 2.45) is 0 Å². The van der Waals surface area contributed by atoms with Gasteiger partial charge in [0.05, 0.1) is 0 Å². The molecular weight excluding hydrogens is 183 g/mol. The molecule has 4 heteroatoms. The fraction of sp³-hybridized carbons (Fsp3) is 0.900. The first-order valence-electron chi connectivity index (χ1n) is 5.01. The fourth-order valence-corrected chi connectivity index (χ4v) is 1.29. The van der Waals surface area contributed by atoms with E-state index in [9.17, 15) is 4.79 Å². The first-order chi connectivity index (χ1) is 6.15. The van der Waals surface area contributed by atoms with Crippen LogP contribution >= 0.6 is 0 Å². The fourth-order valence-electron chi connectivity index (χ4n) is 1.29. The van der Waals surface area contributed by atoms with Gasteiger partial charge in [-0.25, -0.2) is 0 Å². The Balaban J connectivity index is 0. The van der Waals surface area contributed by atoms with Gasteiger partial charge in [-0.1, -0.05) is 20.3 Å². The van der Waals surface area contributed by atoms with Crippen molar-refractivity contribution in [2.75, 3.05) is 27.2 Å². The van der Waals surface area contributed by atoms with Crippen molar-refractivity contribution in [2.45, 2.75) is 32.7 Å². The van der Waals surface area contributed by atoms with E-state index >= 15 is 0 Å². The van der Waals surface area contributed by atoms with E-state index in [2.05, 4.69) is 32.8 Å². The molecule has 0 bridgehead atoms. The van der Waals surface area contributed by atoms with Crippen molar-refractivity contribution in [3.05, 3.63) is 0 Å². The molecule has 0 radical (unpaired) electrons. The van der Waals surface area contributed by atoms with Crippen LogP contribution in [-0.4, -0.2) is 49.4 Å². The molecule has 0 unspecified atom stereocenters. The van der Waals surface area contributed by atoms with Crippen LogP contribution in [0.5, 0.6) is 0 Å². The van der Waals surface area contributed by atoms with Crippen molar-refractivity contribution in [3.63, 3.8) is 0 Å². The SMILES string of the molecule is CCC.CN(C)[C@@H]1CCN(C=O)C1.F. The predicted octanol–water partition coefficient (Wildman–Crippen LogP) is 1.35. The molecule has 1 aliphatic heterocycles. The van der Waals surface area contributed by atoms with E-state index in [1.807, 2.05) is 4.90 Å². The zero-order valence-corrected chi connectivity index (χ0v) is 9.69. The number of hydrogen-bond donors (Lipinski definition) is 0. The van der Waals surface area contributed by atoms with Gasteiger partial charge in [-0.15, -0.1) is 0 Å². The molecule has 1 aliphatic rings. The Hall–Kier alpha value is -0.640. The number of amides is 1. The summed E-state index contributed by atoms with van der Waals surface area (Å²) in [6.45, 7) is 6.07. The van der Waals surface area contributed by atoms with E-state index in [4.69, 9.17) is 0 Å². The van der Waals surface area contributed by atoms with Gasteiger partial charge in [0.1, 0.15) is 0 Å². The minimum atomic E-state index is 0. The zero-order valence-electron chi connectivity index (χ0n) is 9.69. The topological polar surface area (TPSA) is 23.6 Å². The van der Waals surface area contributed by atoms with Gasteiger partial charge in [-0.2, -0.15) is 0 Å². The van der Waals surface area contributed by atoms with Gasteiger partial charge in [-0.05, 0) is 20.5 Å². The van der Waals surface area contributed by atoms with Crippen LogP contribution in [0.2, 0.25) is 0 Å². The maximum absolute atomic E-state index is 10.3. The van der Waals surface area contributed by atoms with E-state index in [0.29, 0.717) is 6.04 Å². The minimum absolute atomic E-state index is 0. The van der Waals surface area contributed by atoms with Gasteiger partial charge in [-0.3, -0.25) is 9.50 Å². The summed E-state index contributed by atoms with van der Waals surface area (Å²) >= 11 is 0. The third kappa shape index (κ3) is 5.91. The molecule has 0 aliphatic carbocycles. The number of carbonyl (C=O) groups is 1. The highest BCUT2D eigenvalue weighted by Gasteiger charge is 2.21. The Morgan fingerprint density at radius 2 is 1.93 bits per heavy atom. The van der Waals surface area contributed by atoms with E-state index < -0.39 is 0 Å². The second-order valence-corrected chi connectivity index (χ2v) is 3.71. The number of nitrogens with zero attached hydrogens (tertiary/aromatic N) is 2. The summed E-state index contributed by atoms with van der Waals surface area (Å²) in [7, 11) is 4.11. The lowest BCUT2D eigenvalue weighted by Gasteiger charge is -2.17. The first kappa shape index (κ1) is 15.8. The van der Waals surface area contributed by atoms with Crippen molar-refractivity contribution in [3.8, 4) is 0 Å². The van der Waals surface area contributed by atoms with E-state index in [-0.39, 0.29) is 4.70 Å². The third-order valence-electron chi connectivity index (χ3n) is 2.07. The van der Waals surface area contributed by atoms with Crippen molar-refractivity contribution < 1.29 is 9.50 Å². The number of rotatable bonds is 2. The minimum Gasteiger partial charge on any atom is -0.344 e. The molecule has 0 aromatic rings. The number of hydrogen-bond acceptors (Lipinski definition) is 2. The van der Waals surface area contributed by atoms with Crippen LogP contribution in [0.25, 0.3) is 0 Å². The Morgan fingerprint density at radius 3 is 2.14 bits per heavy atom. The molecule has 1 fully saturated rings. The monoisotopic (exact) mass is 206 g/mol. The van der Waals surface area contributed by atoms with Crippen LogP contribution < -0.4 is 0 Å².